The summed E-state index contributed by atoms with van der Waals surface area (Å²) in [6.07, 6.45) is -0.101. The molecule has 2 aromatic heterocycles. The minimum Gasteiger partial charge on any atom is -0.256 e. The van der Waals surface area contributed by atoms with E-state index in [9.17, 15) is 0 Å². The molecule has 3 aromatic rings. The lowest BCUT2D eigenvalue weighted by molar-refractivity contribution is 0.636. The van der Waals surface area contributed by atoms with Crippen molar-refractivity contribution in [3.05, 3.63) is 72.6 Å². The highest BCUT2D eigenvalue weighted by Crippen LogP contribution is 2.21. The predicted octanol–water partition coefficient (Wildman–Crippen LogP) is 5.01. The van der Waals surface area contributed by atoms with E-state index in [4.69, 9.17) is 4.11 Å². The van der Waals surface area contributed by atoms with Gasteiger partial charge in [0.15, 0.2) is 0 Å². The van der Waals surface area contributed by atoms with Crippen LogP contribution in [0.5, 0.6) is 0 Å². The molecule has 0 atom stereocenters. The van der Waals surface area contributed by atoms with Gasteiger partial charge in [-0.3, -0.25) is 9.97 Å². The summed E-state index contributed by atoms with van der Waals surface area (Å²) in [5.74, 6) is -1.28. The molecule has 0 unspecified atom stereocenters. The van der Waals surface area contributed by atoms with Gasteiger partial charge >= 0.3 is 0 Å². The average Bonchev–Trinajstić information content (AvgIpc) is 2.62. The first-order valence-electron chi connectivity index (χ1n) is 8.78. The Kier molecular flexibility index (Phi) is 3.30. The molecule has 0 aliphatic heterocycles. The minimum atomic E-state index is -1.85. The van der Waals surface area contributed by atoms with Crippen LogP contribution >= 0.6 is 0 Å². The van der Waals surface area contributed by atoms with E-state index >= 15 is 0 Å². The maximum absolute atomic E-state index is 8.23. The maximum atomic E-state index is 8.23. The maximum Gasteiger partial charge on any atom is 0.0720 e. The molecule has 0 fully saturated rings. The van der Waals surface area contributed by atoms with Crippen molar-refractivity contribution >= 4 is 0 Å². The van der Waals surface area contributed by atoms with Crippen molar-refractivity contribution in [1.29, 1.82) is 0 Å². The predicted molar refractivity (Wildman–Crippen MR) is 91.4 cm³/mol. The highest BCUT2D eigenvalue weighted by atomic mass is 14.7. The number of pyridine rings is 2. The molecule has 0 saturated heterocycles. The second-order valence-corrected chi connectivity index (χ2v) is 5.33. The van der Waals surface area contributed by atoms with Crippen LogP contribution in [-0.4, -0.2) is 9.97 Å². The van der Waals surface area contributed by atoms with Crippen LogP contribution in [-0.2, 0) is 6.37 Å². The zero-order valence-corrected chi connectivity index (χ0v) is 12.7. The summed E-state index contributed by atoms with van der Waals surface area (Å²) in [5.41, 5.74) is 3.65. The van der Waals surface area contributed by atoms with Gasteiger partial charge in [0, 0.05) is 27.1 Å². The molecule has 0 radical (unpaired) electrons. The van der Waals surface area contributed by atoms with Crippen LogP contribution in [0.3, 0.4) is 0 Å². The van der Waals surface area contributed by atoms with Crippen LogP contribution in [0.1, 0.15) is 23.7 Å². The molecule has 110 valence electrons. The van der Waals surface area contributed by atoms with Crippen molar-refractivity contribution in [3.8, 4) is 22.5 Å². The minimum absolute atomic E-state index is 0.261. The molecule has 0 aliphatic carbocycles. The Morgan fingerprint density at radius 2 is 1.73 bits per heavy atom. The summed E-state index contributed by atoms with van der Waals surface area (Å²) in [4.78, 5) is 8.94. The number of nitrogens with zero attached hydrogens (tertiary/aromatic N) is 2. The van der Waals surface area contributed by atoms with Gasteiger partial charge in [-0.25, -0.2) is 0 Å². The lowest BCUT2D eigenvalue weighted by Gasteiger charge is -2.07. The van der Waals surface area contributed by atoms with Crippen LogP contribution < -0.4 is 0 Å². The van der Waals surface area contributed by atoms with E-state index in [2.05, 4.69) is 9.97 Å². The van der Waals surface area contributed by atoms with E-state index in [0.29, 0.717) is 5.69 Å². The van der Waals surface area contributed by atoms with Crippen molar-refractivity contribution in [2.24, 2.45) is 5.89 Å². The topological polar surface area (TPSA) is 25.8 Å². The third-order valence-corrected chi connectivity index (χ3v) is 3.26. The monoisotopic (exact) mass is 291 g/mol. The van der Waals surface area contributed by atoms with Gasteiger partial charge < -0.3 is 0 Å². The van der Waals surface area contributed by atoms with Gasteiger partial charge in [0.1, 0.15) is 0 Å². The number of benzene rings is 1. The first-order chi connectivity index (χ1) is 11.8. The van der Waals surface area contributed by atoms with Gasteiger partial charge in [-0.15, -0.1) is 0 Å². The first-order valence-corrected chi connectivity index (χ1v) is 7.28. The van der Waals surface area contributed by atoms with E-state index in [0.717, 1.165) is 16.8 Å². The molecule has 1 aromatic carbocycles. The molecular formula is C20H20N2. The van der Waals surface area contributed by atoms with Crippen LogP contribution in [0.25, 0.3) is 22.5 Å². The Morgan fingerprint density at radius 1 is 0.909 bits per heavy atom. The number of rotatable bonds is 4. The molecule has 0 N–H and O–H groups in total. The van der Waals surface area contributed by atoms with E-state index in [1.54, 1.807) is 32.2 Å². The fourth-order valence-corrected chi connectivity index (χ4v) is 2.25. The zero-order chi connectivity index (χ0) is 18.1. The van der Waals surface area contributed by atoms with Gasteiger partial charge in [-0.05, 0) is 36.5 Å². The smallest absolute Gasteiger partial charge is 0.0720 e. The normalized spacial score (nSPS) is 14.0. The molecular weight excluding hydrogens is 268 g/mol. The van der Waals surface area contributed by atoms with Crippen molar-refractivity contribution in [1.82, 2.24) is 9.97 Å². The van der Waals surface area contributed by atoms with Crippen molar-refractivity contribution in [3.63, 3.8) is 0 Å². The fourth-order valence-electron chi connectivity index (χ4n) is 2.25. The Labute approximate surface area is 136 Å². The highest BCUT2D eigenvalue weighted by molar-refractivity contribution is 5.64. The Morgan fingerprint density at radius 3 is 2.41 bits per heavy atom. The van der Waals surface area contributed by atoms with Gasteiger partial charge in [0.25, 0.3) is 0 Å². The fraction of sp³-hybridized carbons (Fsp3) is 0.200. The Balaban J connectivity index is 1.94. The van der Waals surface area contributed by atoms with Gasteiger partial charge in [-0.1, -0.05) is 50.2 Å². The molecule has 0 bridgehead atoms. The Bertz CT molecular complexity index is 854. The van der Waals surface area contributed by atoms with Crippen LogP contribution in [0.2, 0.25) is 0 Å². The molecule has 2 heteroatoms. The molecule has 3 rings (SSSR count). The number of hydrogen-bond donors (Lipinski definition) is 0. The van der Waals surface area contributed by atoms with Crippen molar-refractivity contribution in [2.45, 2.75) is 20.2 Å². The van der Waals surface area contributed by atoms with Gasteiger partial charge in [0.05, 0.1) is 11.4 Å². The molecule has 0 saturated carbocycles. The van der Waals surface area contributed by atoms with Crippen molar-refractivity contribution < 1.29 is 4.11 Å². The molecule has 2 heterocycles. The summed E-state index contributed by atoms with van der Waals surface area (Å²) < 4.78 is 24.5. The lowest BCUT2D eigenvalue weighted by Crippen LogP contribution is -1.98. The second-order valence-electron chi connectivity index (χ2n) is 5.33. The Hall–Kier alpha value is -2.48. The van der Waals surface area contributed by atoms with Crippen LogP contribution in [0.4, 0.5) is 0 Å². The highest BCUT2D eigenvalue weighted by Gasteiger charge is 2.05. The molecule has 0 amide bonds. The zero-order valence-electron chi connectivity index (χ0n) is 15.7. The number of aromatic nitrogens is 2. The van der Waals surface area contributed by atoms with E-state index < -0.39 is 12.3 Å². The van der Waals surface area contributed by atoms with E-state index in [1.807, 2.05) is 48.5 Å². The third kappa shape index (κ3) is 3.40. The molecule has 2 nitrogen and oxygen atoms in total. The molecule has 0 aliphatic rings. The molecule has 0 spiro atoms. The number of hydrogen-bond acceptors (Lipinski definition) is 2. The van der Waals surface area contributed by atoms with E-state index in [1.165, 1.54) is 0 Å². The summed E-state index contributed by atoms with van der Waals surface area (Å²) in [5, 5.41) is 0. The largest absolute Gasteiger partial charge is 0.256 e. The van der Waals surface area contributed by atoms with Gasteiger partial charge in [0.2, 0.25) is 0 Å². The summed E-state index contributed by atoms with van der Waals surface area (Å²) in [6.45, 7) is 3.11. The third-order valence-electron chi connectivity index (χ3n) is 3.26. The van der Waals surface area contributed by atoms with Crippen molar-refractivity contribution in [2.75, 3.05) is 0 Å². The summed E-state index contributed by atoms with van der Waals surface area (Å²) in [6, 6.07) is 19.0. The first kappa shape index (κ1) is 11.1. The SMILES string of the molecule is [2H]C(C)(C)C([2H])([2H])c1cccc(-c2ccc(-c3ccccc3)nc2)n1. The summed E-state index contributed by atoms with van der Waals surface area (Å²) in [7, 11) is 0. The summed E-state index contributed by atoms with van der Waals surface area (Å²) >= 11 is 0. The second kappa shape index (κ2) is 6.52. The van der Waals surface area contributed by atoms with Crippen LogP contribution in [0, 0.1) is 5.89 Å². The van der Waals surface area contributed by atoms with Crippen LogP contribution in [0.15, 0.2) is 66.9 Å². The van der Waals surface area contributed by atoms with E-state index in [-0.39, 0.29) is 5.69 Å². The van der Waals surface area contributed by atoms with Gasteiger partial charge in [-0.2, -0.15) is 0 Å². The average molecular weight is 291 g/mol. The molecule has 22 heavy (non-hydrogen) atoms. The quantitative estimate of drug-likeness (QED) is 0.675. The standard InChI is InChI=1S/C20H20N2/c1-15(2)13-18-9-6-10-20(22-18)17-11-12-19(21-14-17)16-7-4-3-5-8-16/h3-12,14-15H,13H2,1-2H3/i13D2,15D. The lowest BCUT2D eigenvalue weighted by atomic mass is 10.1.